The van der Waals surface area contributed by atoms with E-state index in [1.807, 2.05) is 49.2 Å². The van der Waals surface area contributed by atoms with Gasteiger partial charge >= 0.3 is 6.03 Å². The van der Waals surface area contributed by atoms with Crippen LogP contribution in [0.15, 0.2) is 18.6 Å². The third kappa shape index (κ3) is 3.44. The number of thioether (sulfide) groups is 1. The number of rotatable bonds is 3. The van der Waals surface area contributed by atoms with Crippen LogP contribution in [0.25, 0.3) is 0 Å². The molecule has 118 valence electrons. The van der Waals surface area contributed by atoms with E-state index in [0.717, 1.165) is 33.5 Å². The summed E-state index contributed by atoms with van der Waals surface area (Å²) in [5.74, 6) is 1.88. The molecule has 8 heteroatoms. The zero-order valence-corrected chi connectivity index (χ0v) is 14.3. The molecule has 1 fully saturated rings. The number of aryl methyl sites for hydroxylation is 2. The number of thiazole rings is 1. The van der Waals surface area contributed by atoms with Crippen LogP contribution in [0.4, 0.5) is 4.79 Å². The van der Waals surface area contributed by atoms with Gasteiger partial charge in [-0.3, -0.25) is 4.68 Å². The molecule has 0 bridgehead atoms. The van der Waals surface area contributed by atoms with Crippen molar-refractivity contribution in [2.75, 3.05) is 18.1 Å². The van der Waals surface area contributed by atoms with Gasteiger partial charge in [-0.1, -0.05) is 0 Å². The fraction of sp³-hybridized carbons (Fsp3) is 0.500. The van der Waals surface area contributed by atoms with Gasteiger partial charge in [0.05, 0.1) is 18.8 Å². The molecule has 6 nitrogen and oxygen atoms in total. The van der Waals surface area contributed by atoms with E-state index in [2.05, 4.69) is 15.4 Å². The second-order valence-electron chi connectivity index (χ2n) is 5.25. The molecule has 0 radical (unpaired) electrons. The first kappa shape index (κ1) is 15.4. The minimum atomic E-state index is -0.0259. The average Bonchev–Trinajstić information content (AvgIpc) is 3.13. The molecule has 2 aromatic heterocycles. The molecule has 0 aromatic carbocycles. The molecular formula is C14H19N5OS2. The van der Waals surface area contributed by atoms with Gasteiger partial charge in [0, 0.05) is 47.9 Å². The molecule has 0 aliphatic carbocycles. The van der Waals surface area contributed by atoms with Crippen molar-refractivity contribution >= 4 is 29.1 Å². The van der Waals surface area contributed by atoms with Crippen LogP contribution in [-0.2, 0) is 13.6 Å². The summed E-state index contributed by atoms with van der Waals surface area (Å²) in [6.45, 7) is 3.26. The first-order valence-corrected chi connectivity index (χ1v) is 9.12. The quantitative estimate of drug-likeness (QED) is 0.932. The minimum absolute atomic E-state index is 0.0259. The van der Waals surface area contributed by atoms with Crippen molar-refractivity contribution in [2.24, 2.45) is 7.05 Å². The summed E-state index contributed by atoms with van der Waals surface area (Å²) in [4.78, 5) is 19.9. The summed E-state index contributed by atoms with van der Waals surface area (Å²) in [6.07, 6.45) is 5.67. The second-order valence-corrected chi connectivity index (χ2v) is 7.72. The zero-order valence-electron chi connectivity index (χ0n) is 12.7. The van der Waals surface area contributed by atoms with Gasteiger partial charge in [-0.25, -0.2) is 9.78 Å². The monoisotopic (exact) mass is 337 g/mol. The normalized spacial score (nSPS) is 18.5. The van der Waals surface area contributed by atoms with Crippen molar-refractivity contribution in [2.45, 2.75) is 19.5 Å². The first-order valence-electron chi connectivity index (χ1n) is 7.15. The summed E-state index contributed by atoms with van der Waals surface area (Å²) in [5.41, 5.74) is 1.09. The standard InChI is InChI=1S/C14H19N5OS2/c1-10-5-15-13(22-10)7-16-14(20)19-3-4-21-9-12(19)11-6-17-18(2)8-11/h5-6,8,12H,3-4,7,9H2,1-2H3,(H,16,20)/t12-/m1/s1. The van der Waals surface area contributed by atoms with Crippen molar-refractivity contribution in [3.05, 3.63) is 34.0 Å². The molecule has 1 aliphatic heterocycles. The largest absolute Gasteiger partial charge is 0.331 e. The van der Waals surface area contributed by atoms with Gasteiger partial charge in [0.2, 0.25) is 0 Å². The molecule has 3 rings (SSSR count). The van der Waals surface area contributed by atoms with E-state index in [0.29, 0.717) is 6.54 Å². The lowest BCUT2D eigenvalue weighted by molar-refractivity contribution is 0.182. The number of carbonyl (C=O) groups is 1. The van der Waals surface area contributed by atoms with E-state index in [1.165, 1.54) is 0 Å². The molecule has 2 aromatic rings. The van der Waals surface area contributed by atoms with E-state index in [9.17, 15) is 4.79 Å². The highest BCUT2D eigenvalue weighted by atomic mass is 32.2. The predicted octanol–water partition coefficient (Wildman–Crippen LogP) is 2.18. The lowest BCUT2D eigenvalue weighted by atomic mass is 10.1. The van der Waals surface area contributed by atoms with Gasteiger partial charge in [0.15, 0.2) is 0 Å². The van der Waals surface area contributed by atoms with Gasteiger partial charge < -0.3 is 10.2 Å². The molecule has 1 N–H and O–H groups in total. The third-order valence-electron chi connectivity index (χ3n) is 3.56. The van der Waals surface area contributed by atoms with Crippen LogP contribution < -0.4 is 5.32 Å². The Morgan fingerprint density at radius 3 is 3.05 bits per heavy atom. The summed E-state index contributed by atoms with van der Waals surface area (Å²) >= 11 is 3.49. The Morgan fingerprint density at radius 2 is 2.36 bits per heavy atom. The molecule has 3 heterocycles. The van der Waals surface area contributed by atoms with Crippen molar-refractivity contribution in [3.8, 4) is 0 Å². The van der Waals surface area contributed by atoms with Gasteiger partial charge in [-0.2, -0.15) is 16.9 Å². The molecule has 0 unspecified atom stereocenters. The molecule has 1 aliphatic rings. The second kappa shape index (κ2) is 6.70. The Morgan fingerprint density at radius 1 is 1.50 bits per heavy atom. The van der Waals surface area contributed by atoms with Crippen LogP contribution in [0.2, 0.25) is 0 Å². The molecule has 22 heavy (non-hydrogen) atoms. The SMILES string of the molecule is Cc1cnc(CNC(=O)N2CCSC[C@@H]2c2cnn(C)c2)s1. The van der Waals surface area contributed by atoms with E-state index >= 15 is 0 Å². The van der Waals surface area contributed by atoms with Crippen molar-refractivity contribution in [1.29, 1.82) is 0 Å². The van der Waals surface area contributed by atoms with Crippen LogP contribution in [0.1, 0.15) is 21.5 Å². The summed E-state index contributed by atoms with van der Waals surface area (Å²) in [6, 6.07) is 0.0625. The maximum atomic E-state index is 12.5. The fourth-order valence-corrected chi connectivity index (χ4v) is 4.29. The van der Waals surface area contributed by atoms with Crippen LogP contribution >= 0.6 is 23.1 Å². The third-order valence-corrected chi connectivity index (χ3v) is 5.49. The number of nitrogens with zero attached hydrogens (tertiary/aromatic N) is 4. The Hall–Kier alpha value is -1.54. The van der Waals surface area contributed by atoms with E-state index in [-0.39, 0.29) is 12.1 Å². The highest BCUT2D eigenvalue weighted by molar-refractivity contribution is 7.99. The van der Waals surface area contributed by atoms with Gasteiger partial charge in [0.25, 0.3) is 0 Å². The van der Waals surface area contributed by atoms with Crippen LogP contribution in [0.5, 0.6) is 0 Å². The number of urea groups is 1. The van der Waals surface area contributed by atoms with E-state index in [1.54, 1.807) is 16.0 Å². The number of hydrogen-bond acceptors (Lipinski definition) is 5. The Kier molecular flexibility index (Phi) is 4.68. The molecule has 2 amide bonds. The number of amides is 2. The maximum Gasteiger partial charge on any atom is 0.318 e. The highest BCUT2D eigenvalue weighted by Gasteiger charge is 2.29. The Bertz CT molecular complexity index is 653. The molecule has 1 atom stereocenters. The van der Waals surface area contributed by atoms with Gasteiger partial charge in [-0.15, -0.1) is 11.3 Å². The molecule has 1 saturated heterocycles. The molecular weight excluding hydrogens is 318 g/mol. The van der Waals surface area contributed by atoms with E-state index < -0.39 is 0 Å². The summed E-state index contributed by atoms with van der Waals surface area (Å²) in [7, 11) is 1.90. The number of aromatic nitrogens is 3. The average molecular weight is 337 g/mol. The highest BCUT2D eigenvalue weighted by Crippen LogP contribution is 2.29. The summed E-state index contributed by atoms with van der Waals surface area (Å²) < 4.78 is 1.78. The van der Waals surface area contributed by atoms with Crippen molar-refractivity contribution < 1.29 is 4.79 Å². The maximum absolute atomic E-state index is 12.5. The van der Waals surface area contributed by atoms with Crippen molar-refractivity contribution in [1.82, 2.24) is 25.0 Å². The lowest BCUT2D eigenvalue weighted by Crippen LogP contribution is -2.45. The predicted molar refractivity (Wildman–Crippen MR) is 89.1 cm³/mol. The molecule has 0 spiro atoms. The Balaban J connectivity index is 1.66. The number of hydrogen-bond donors (Lipinski definition) is 1. The molecule has 0 saturated carbocycles. The van der Waals surface area contributed by atoms with E-state index in [4.69, 9.17) is 0 Å². The van der Waals surface area contributed by atoms with Gasteiger partial charge in [-0.05, 0) is 6.92 Å². The van der Waals surface area contributed by atoms with Crippen LogP contribution in [-0.4, -0.2) is 43.7 Å². The lowest BCUT2D eigenvalue weighted by Gasteiger charge is -2.34. The Labute approximate surface area is 137 Å². The minimum Gasteiger partial charge on any atom is -0.331 e. The topological polar surface area (TPSA) is 63.1 Å². The van der Waals surface area contributed by atoms with Crippen LogP contribution in [0.3, 0.4) is 0 Å². The van der Waals surface area contributed by atoms with Crippen molar-refractivity contribution in [3.63, 3.8) is 0 Å². The smallest absolute Gasteiger partial charge is 0.318 e. The van der Waals surface area contributed by atoms with Gasteiger partial charge in [0.1, 0.15) is 5.01 Å². The zero-order chi connectivity index (χ0) is 15.5. The first-order chi connectivity index (χ1) is 10.6. The summed E-state index contributed by atoms with van der Waals surface area (Å²) in [5, 5.41) is 8.15. The van der Waals surface area contributed by atoms with Crippen LogP contribution in [0, 0.1) is 6.92 Å². The number of nitrogens with one attached hydrogen (secondary N) is 1. The fourth-order valence-electron chi connectivity index (χ4n) is 2.47. The number of carbonyl (C=O) groups excluding carboxylic acids is 1.